The summed E-state index contributed by atoms with van der Waals surface area (Å²) in [6, 6.07) is 9.69. The molecule has 1 nitrogen and oxygen atoms in total. The lowest BCUT2D eigenvalue weighted by molar-refractivity contribution is 0.302. The first-order valence-corrected chi connectivity index (χ1v) is 14.0. The average Bonchev–Trinajstić information content (AvgIpc) is 2.60. The first-order chi connectivity index (χ1) is 11.7. The minimum absolute atomic E-state index is 0.713. The van der Waals surface area contributed by atoms with Gasteiger partial charge in [0.15, 0.2) is 0 Å². The van der Waals surface area contributed by atoms with Gasteiger partial charge in [0.1, 0.15) is 5.75 Å². The lowest BCUT2D eigenvalue weighted by atomic mass is 9.77. The van der Waals surface area contributed by atoms with Crippen LogP contribution in [0.2, 0.25) is 6.04 Å². The molecule has 2 rings (SSSR count). The summed E-state index contributed by atoms with van der Waals surface area (Å²) in [6.45, 7) is 3.00. The van der Waals surface area contributed by atoms with Crippen LogP contribution >= 0.6 is 22.2 Å². The van der Waals surface area contributed by atoms with E-state index in [0.29, 0.717) is 6.61 Å². The quantitative estimate of drug-likeness (QED) is 0.238. The molecule has 0 N–H and O–H groups in total. The minimum Gasteiger partial charge on any atom is -0.494 e. The summed E-state index contributed by atoms with van der Waals surface area (Å²) in [5, 5.41) is 0. The first kappa shape index (κ1) is 20.1. The third kappa shape index (κ3) is 7.37. The molecule has 0 saturated heterocycles. The molecule has 0 aromatic heterocycles. The Labute approximate surface area is 159 Å². The van der Waals surface area contributed by atoms with Crippen LogP contribution in [0.5, 0.6) is 5.75 Å². The molecule has 1 fully saturated rings. The normalized spacial score (nSPS) is 21.2. The van der Waals surface area contributed by atoms with E-state index in [2.05, 4.69) is 31.2 Å². The molecule has 0 heterocycles. The van der Waals surface area contributed by atoms with Crippen molar-refractivity contribution in [3.8, 4) is 5.75 Å². The molecule has 1 aromatic rings. The Morgan fingerprint density at radius 2 is 1.71 bits per heavy atom. The standard InChI is InChI=1S/C20H32Cl2OSi/c1-2-3-4-6-17-7-9-18(10-8-17)19-11-13-20(14-12-19)23-15-5-16-24(21)22/h11-14,17-18,24H,2-10,15-16H2,1H3. The Kier molecular flexibility index (Phi) is 9.59. The van der Waals surface area contributed by atoms with Crippen LogP contribution in [-0.4, -0.2) is 14.0 Å². The van der Waals surface area contributed by atoms with Crippen LogP contribution in [0.3, 0.4) is 0 Å². The summed E-state index contributed by atoms with van der Waals surface area (Å²) < 4.78 is 5.78. The van der Waals surface area contributed by atoms with Gasteiger partial charge < -0.3 is 4.74 Å². The number of rotatable bonds is 10. The van der Waals surface area contributed by atoms with E-state index in [9.17, 15) is 0 Å². The Balaban J connectivity index is 1.70. The molecule has 1 aliphatic rings. The van der Waals surface area contributed by atoms with Gasteiger partial charge in [0, 0.05) is 0 Å². The predicted octanol–water partition coefficient (Wildman–Crippen LogP) is 7.01. The highest BCUT2D eigenvalue weighted by atomic mass is 35.7. The summed E-state index contributed by atoms with van der Waals surface area (Å²) in [6.07, 6.45) is 12.1. The zero-order valence-corrected chi connectivity index (χ0v) is 17.7. The number of hydrogen-bond acceptors (Lipinski definition) is 1. The van der Waals surface area contributed by atoms with E-state index in [4.69, 9.17) is 26.9 Å². The highest BCUT2D eigenvalue weighted by Crippen LogP contribution is 2.38. The monoisotopic (exact) mass is 386 g/mol. The van der Waals surface area contributed by atoms with Gasteiger partial charge in [-0.15, -0.1) is 0 Å². The first-order valence-electron chi connectivity index (χ1n) is 9.70. The van der Waals surface area contributed by atoms with Crippen molar-refractivity contribution in [2.75, 3.05) is 6.61 Å². The molecule has 0 amide bonds. The second kappa shape index (κ2) is 11.4. The van der Waals surface area contributed by atoms with Gasteiger partial charge in [0.05, 0.1) is 6.61 Å². The smallest absolute Gasteiger partial charge is 0.237 e. The summed E-state index contributed by atoms with van der Waals surface area (Å²) >= 11 is 11.7. The van der Waals surface area contributed by atoms with Crippen LogP contribution in [0.15, 0.2) is 24.3 Å². The van der Waals surface area contributed by atoms with E-state index >= 15 is 0 Å². The molecular formula is C20H32Cl2OSi. The maximum atomic E-state index is 5.86. The van der Waals surface area contributed by atoms with Crippen molar-refractivity contribution < 1.29 is 4.74 Å². The zero-order chi connectivity index (χ0) is 17.2. The molecule has 0 unspecified atom stereocenters. The van der Waals surface area contributed by atoms with E-state index in [1.807, 2.05) is 0 Å². The Morgan fingerprint density at radius 3 is 2.33 bits per heavy atom. The Hall–Kier alpha value is -0.183. The van der Waals surface area contributed by atoms with E-state index < -0.39 is 7.42 Å². The van der Waals surface area contributed by atoms with Crippen molar-refractivity contribution in [1.29, 1.82) is 0 Å². The third-order valence-corrected chi connectivity index (χ3v) is 7.40. The molecular weight excluding hydrogens is 355 g/mol. The largest absolute Gasteiger partial charge is 0.494 e. The minimum atomic E-state index is -1.47. The van der Waals surface area contributed by atoms with Gasteiger partial charge in [-0.2, -0.15) is 22.2 Å². The second-order valence-corrected chi connectivity index (χ2v) is 12.4. The summed E-state index contributed by atoms with van der Waals surface area (Å²) in [5.41, 5.74) is 1.49. The highest BCUT2D eigenvalue weighted by molar-refractivity contribution is 7.33. The fraction of sp³-hybridized carbons (Fsp3) is 0.700. The molecule has 1 aromatic carbocycles. The van der Waals surface area contributed by atoms with Crippen molar-refractivity contribution in [3.05, 3.63) is 29.8 Å². The van der Waals surface area contributed by atoms with Crippen molar-refractivity contribution in [1.82, 2.24) is 0 Å². The number of unbranched alkanes of at least 4 members (excludes halogenated alkanes) is 2. The van der Waals surface area contributed by atoms with Crippen LogP contribution in [0.25, 0.3) is 0 Å². The molecule has 0 atom stereocenters. The zero-order valence-electron chi connectivity index (χ0n) is 15.0. The van der Waals surface area contributed by atoms with Gasteiger partial charge in [-0.05, 0) is 67.7 Å². The predicted molar refractivity (Wildman–Crippen MR) is 109 cm³/mol. The van der Waals surface area contributed by atoms with Crippen LogP contribution < -0.4 is 4.74 Å². The Bertz CT molecular complexity index is 441. The van der Waals surface area contributed by atoms with Gasteiger partial charge in [-0.3, -0.25) is 0 Å². The lowest BCUT2D eigenvalue weighted by Crippen LogP contribution is -2.13. The van der Waals surface area contributed by atoms with Gasteiger partial charge in [0.25, 0.3) is 0 Å². The van der Waals surface area contributed by atoms with E-state index in [0.717, 1.165) is 30.1 Å². The van der Waals surface area contributed by atoms with Crippen LogP contribution in [0.4, 0.5) is 0 Å². The second-order valence-electron chi connectivity index (χ2n) is 7.16. The van der Waals surface area contributed by atoms with Crippen LogP contribution in [0, 0.1) is 5.92 Å². The lowest BCUT2D eigenvalue weighted by Gasteiger charge is -2.29. The highest BCUT2D eigenvalue weighted by Gasteiger charge is 2.21. The molecule has 0 radical (unpaired) electrons. The molecule has 4 heteroatoms. The molecule has 0 aliphatic heterocycles. The molecule has 0 bridgehead atoms. The average molecular weight is 387 g/mol. The number of benzene rings is 1. The Morgan fingerprint density at radius 1 is 1.00 bits per heavy atom. The summed E-state index contributed by atoms with van der Waals surface area (Å²) in [5.74, 6) is 2.70. The van der Waals surface area contributed by atoms with Gasteiger partial charge in [-0.1, -0.05) is 44.7 Å². The number of hydrogen-bond donors (Lipinski definition) is 0. The van der Waals surface area contributed by atoms with E-state index in [-0.39, 0.29) is 0 Å². The van der Waals surface area contributed by atoms with Crippen molar-refractivity contribution in [3.63, 3.8) is 0 Å². The maximum Gasteiger partial charge on any atom is 0.237 e. The maximum absolute atomic E-state index is 5.86. The third-order valence-electron chi connectivity index (χ3n) is 5.25. The van der Waals surface area contributed by atoms with Crippen LogP contribution in [-0.2, 0) is 0 Å². The molecule has 0 spiro atoms. The topological polar surface area (TPSA) is 9.23 Å². The molecule has 136 valence electrons. The molecule has 24 heavy (non-hydrogen) atoms. The molecule has 1 aliphatic carbocycles. The molecule has 1 saturated carbocycles. The summed E-state index contributed by atoms with van der Waals surface area (Å²) in [7, 11) is -1.47. The number of ether oxygens (including phenoxy) is 1. The van der Waals surface area contributed by atoms with Gasteiger partial charge in [-0.25, -0.2) is 0 Å². The van der Waals surface area contributed by atoms with Crippen molar-refractivity contribution >= 4 is 29.6 Å². The van der Waals surface area contributed by atoms with Crippen molar-refractivity contribution in [2.45, 2.75) is 76.7 Å². The number of halogens is 2. The summed E-state index contributed by atoms with van der Waals surface area (Å²) in [4.78, 5) is 0. The van der Waals surface area contributed by atoms with E-state index in [1.54, 1.807) is 0 Å². The SMILES string of the molecule is CCCCCC1CCC(c2ccc(OCCC[SiH](Cl)Cl)cc2)CC1. The van der Waals surface area contributed by atoms with Gasteiger partial charge in [0.2, 0.25) is 7.42 Å². The fourth-order valence-electron chi connectivity index (χ4n) is 3.73. The van der Waals surface area contributed by atoms with Gasteiger partial charge >= 0.3 is 0 Å². The van der Waals surface area contributed by atoms with Crippen LogP contribution in [0.1, 0.15) is 76.2 Å². The van der Waals surface area contributed by atoms with Crippen molar-refractivity contribution in [2.24, 2.45) is 5.92 Å². The fourth-order valence-corrected chi connectivity index (χ4v) is 5.13. The van der Waals surface area contributed by atoms with E-state index in [1.165, 1.54) is 56.9 Å².